The van der Waals surface area contributed by atoms with Crippen molar-refractivity contribution < 1.29 is 24.9 Å². The number of amides is 2. The first-order chi connectivity index (χ1) is 25.5. The van der Waals surface area contributed by atoms with Crippen LogP contribution in [0.3, 0.4) is 0 Å². The van der Waals surface area contributed by atoms with Crippen molar-refractivity contribution in [3.63, 3.8) is 0 Å². The molecule has 13 heteroatoms. The van der Waals surface area contributed by atoms with E-state index in [1.54, 1.807) is 0 Å². The van der Waals surface area contributed by atoms with Gasteiger partial charge >= 0.3 is 6.03 Å². The smallest absolute Gasteiger partial charge is 0.315 e. The highest BCUT2D eigenvalue weighted by Gasteiger charge is 2.44. The molecule has 0 unspecified atom stereocenters. The van der Waals surface area contributed by atoms with Gasteiger partial charge in [-0.2, -0.15) is 0 Å². The molecule has 0 bridgehead atoms. The van der Waals surface area contributed by atoms with Gasteiger partial charge in [0, 0.05) is 25.6 Å². The Hall–Kier alpha value is -4.92. The van der Waals surface area contributed by atoms with Crippen molar-refractivity contribution in [2.24, 2.45) is 5.92 Å². The molecule has 4 atom stereocenters. The third kappa shape index (κ3) is 8.24. The first kappa shape index (κ1) is 35.5. The number of aliphatic hydroxyl groups excluding tert-OH is 3. The van der Waals surface area contributed by atoms with Crippen LogP contribution in [0.15, 0.2) is 97.3 Å². The van der Waals surface area contributed by atoms with E-state index in [2.05, 4.69) is 74.4 Å². The van der Waals surface area contributed by atoms with Crippen LogP contribution in [0, 0.1) is 5.92 Å². The fraction of sp³-hybridized carbons (Fsp3) is 0.385. The van der Waals surface area contributed by atoms with Crippen LogP contribution in [0.2, 0.25) is 0 Å². The topological polar surface area (TPSA) is 170 Å². The SMILES string of the molecule is O=C(NCc1nc(NCC(c2ccccc2)c2ccccc2)c2ncn([C@@H]3O[C@H](CO)[C@@H](O)[C@H]3O)c2n1)NCC1CCN(Cc2ccccc2)CC1. The Balaban J connectivity index is 1.05. The number of urea groups is 1. The lowest BCUT2D eigenvalue weighted by atomic mass is 9.91. The van der Waals surface area contributed by atoms with Gasteiger partial charge in [-0.05, 0) is 48.5 Å². The minimum atomic E-state index is -1.32. The van der Waals surface area contributed by atoms with Gasteiger partial charge in [0.1, 0.15) is 18.3 Å². The van der Waals surface area contributed by atoms with Crippen molar-refractivity contribution in [2.45, 2.75) is 56.4 Å². The molecule has 3 aromatic carbocycles. The molecule has 0 aliphatic carbocycles. The van der Waals surface area contributed by atoms with Crippen molar-refractivity contribution >= 4 is 23.0 Å². The summed E-state index contributed by atoms with van der Waals surface area (Å²) in [6.07, 6.45) is -1.10. The number of rotatable bonds is 13. The molecule has 5 aromatic rings. The highest BCUT2D eigenvalue weighted by molar-refractivity contribution is 5.83. The van der Waals surface area contributed by atoms with E-state index in [1.165, 1.54) is 16.5 Å². The molecule has 4 heterocycles. The fourth-order valence-electron chi connectivity index (χ4n) is 7.11. The maximum Gasteiger partial charge on any atom is 0.315 e. The van der Waals surface area contributed by atoms with Crippen LogP contribution in [0.5, 0.6) is 0 Å². The molecule has 0 radical (unpaired) electrons. The highest BCUT2D eigenvalue weighted by atomic mass is 16.6. The number of nitrogens with one attached hydrogen (secondary N) is 3. The van der Waals surface area contributed by atoms with Crippen molar-refractivity contribution in [1.29, 1.82) is 0 Å². The maximum absolute atomic E-state index is 13.0. The molecule has 272 valence electrons. The number of hydrogen-bond donors (Lipinski definition) is 6. The van der Waals surface area contributed by atoms with E-state index < -0.39 is 31.1 Å². The molecule has 2 aliphatic rings. The predicted molar refractivity (Wildman–Crippen MR) is 196 cm³/mol. The lowest BCUT2D eigenvalue weighted by molar-refractivity contribution is -0.0511. The number of hydrogen-bond acceptors (Lipinski definition) is 10. The molecule has 0 saturated carbocycles. The van der Waals surface area contributed by atoms with E-state index in [1.807, 2.05) is 42.5 Å². The molecule has 2 saturated heterocycles. The molecule has 2 amide bonds. The Kier molecular flexibility index (Phi) is 11.3. The molecule has 2 aromatic heterocycles. The Labute approximate surface area is 302 Å². The van der Waals surface area contributed by atoms with Gasteiger partial charge in [0.2, 0.25) is 0 Å². The van der Waals surface area contributed by atoms with Crippen LogP contribution in [0.1, 0.15) is 47.5 Å². The van der Waals surface area contributed by atoms with E-state index in [9.17, 15) is 20.1 Å². The van der Waals surface area contributed by atoms with Gasteiger partial charge < -0.3 is 36.0 Å². The van der Waals surface area contributed by atoms with Gasteiger partial charge in [0.15, 0.2) is 29.0 Å². The zero-order valence-corrected chi connectivity index (χ0v) is 29.0. The molecule has 0 spiro atoms. The van der Waals surface area contributed by atoms with Gasteiger partial charge in [0.05, 0.1) is 19.5 Å². The van der Waals surface area contributed by atoms with Gasteiger partial charge in [-0.25, -0.2) is 19.7 Å². The van der Waals surface area contributed by atoms with Crippen LogP contribution in [0.25, 0.3) is 11.2 Å². The summed E-state index contributed by atoms with van der Waals surface area (Å²) in [4.78, 5) is 29.5. The summed E-state index contributed by atoms with van der Waals surface area (Å²) < 4.78 is 7.35. The normalized spacial score (nSPS) is 21.1. The summed E-state index contributed by atoms with van der Waals surface area (Å²) >= 11 is 0. The second-order valence-electron chi connectivity index (χ2n) is 13.6. The van der Waals surface area contributed by atoms with Gasteiger partial charge in [-0.3, -0.25) is 9.47 Å². The third-order valence-corrected chi connectivity index (χ3v) is 10.1. The minimum Gasteiger partial charge on any atom is -0.394 e. The average molecular weight is 707 g/mol. The standard InChI is InChI=1S/C39H46N8O5/c48-24-31-34(49)35(50)38(52-31)47-25-43-33-36(40-21-30(28-12-6-2-7-13-28)29-14-8-3-9-15-29)44-32(45-37(33)47)22-42-39(51)41-20-26-16-18-46(19-17-26)23-27-10-4-1-5-11-27/h1-15,25-26,30-31,34-35,38,48-50H,16-24H2,(H,40,44,45)(H2,41,42,51)/t31-,34-,35-,38-/m1/s1. The number of aromatic nitrogens is 4. The summed E-state index contributed by atoms with van der Waals surface area (Å²) in [7, 11) is 0. The number of imidazole rings is 1. The number of ether oxygens (including phenoxy) is 1. The summed E-state index contributed by atoms with van der Waals surface area (Å²) in [5.74, 6) is 1.16. The molecule has 13 nitrogen and oxygen atoms in total. The number of carbonyl (C=O) groups excluding carboxylic acids is 1. The summed E-state index contributed by atoms with van der Waals surface area (Å²) in [6.45, 7) is 3.56. The van der Waals surface area contributed by atoms with E-state index >= 15 is 0 Å². The lowest BCUT2D eigenvalue weighted by Crippen LogP contribution is -2.41. The molecule has 7 rings (SSSR count). The van der Waals surface area contributed by atoms with Crippen molar-refractivity contribution in [3.8, 4) is 0 Å². The average Bonchev–Trinajstić information content (AvgIpc) is 3.74. The molecule has 52 heavy (non-hydrogen) atoms. The number of benzene rings is 3. The van der Waals surface area contributed by atoms with E-state index in [4.69, 9.17) is 14.7 Å². The number of carbonyl (C=O) groups is 1. The van der Waals surface area contributed by atoms with Gasteiger partial charge in [-0.15, -0.1) is 0 Å². The first-order valence-electron chi connectivity index (χ1n) is 17.9. The van der Waals surface area contributed by atoms with E-state index in [-0.39, 0.29) is 18.5 Å². The van der Waals surface area contributed by atoms with Crippen molar-refractivity contribution in [2.75, 3.05) is 38.1 Å². The predicted octanol–water partition coefficient (Wildman–Crippen LogP) is 3.39. The number of aliphatic hydroxyl groups is 3. The van der Waals surface area contributed by atoms with Gasteiger partial charge in [0.25, 0.3) is 0 Å². The fourth-order valence-corrected chi connectivity index (χ4v) is 7.11. The van der Waals surface area contributed by atoms with Crippen molar-refractivity contribution in [1.82, 2.24) is 35.1 Å². The van der Waals surface area contributed by atoms with Crippen LogP contribution < -0.4 is 16.0 Å². The van der Waals surface area contributed by atoms with Crippen LogP contribution in [0.4, 0.5) is 10.6 Å². The second-order valence-corrected chi connectivity index (χ2v) is 13.6. The summed E-state index contributed by atoms with van der Waals surface area (Å²) in [5.41, 5.74) is 4.35. The number of fused-ring (bicyclic) bond motifs is 1. The van der Waals surface area contributed by atoms with Crippen LogP contribution in [-0.2, 0) is 17.8 Å². The quantitative estimate of drug-likeness (QED) is 0.107. The molecule has 6 N–H and O–H groups in total. The monoisotopic (exact) mass is 706 g/mol. The largest absolute Gasteiger partial charge is 0.394 e. The number of likely N-dealkylation sites (tertiary alicyclic amines) is 1. The van der Waals surface area contributed by atoms with E-state index in [0.29, 0.717) is 41.8 Å². The molecular formula is C39H46N8O5. The Morgan fingerprint density at radius 3 is 2.15 bits per heavy atom. The zero-order valence-electron chi connectivity index (χ0n) is 29.0. The first-order valence-corrected chi connectivity index (χ1v) is 17.9. The Morgan fingerprint density at radius 2 is 1.52 bits per heavy atom. The minimum absolute atomic E-state index is 0.00694. The lowest BCUT2D eigenvalue weighted by Gasteiger charge is -2.32. The molecule has 2 aliphatic heterocycles. The van der Waals surface area contributed by atoms with Gasteiger partial charge in [-0.1, -0.05) is 91.0 Å². The Morgan fingerprint density at radius 1 is 0.865 bits per heavy atom. The highest BCUT2D eigenvalue weighted by Crippen LogP contribution is 2.33. The molecule has 2 fully saturated rings. The number of piperidine rings is 1. The van der Waals surface area contributed by atoms with E-state index in [0.717, 1.165) is 43.6 Å². The summed E-state index contributed by atoms with van der Waals surface area (Å²) in [5, 5.41) is 40.4. The third-order valence-electron chi connectivity index (χ3n) is 10.1. The zero-order chi connectivity index (χ0) is 35.9. The van der Waals surface area contributed by atoms with Crippen LogP contribution >= 0.6 is 0 Å². The Bertz CT molecular complexity index is 1850. The second kappa shape index (κ2) is 16.6. The summed E-state index contributed by atoms with van der Waals surface area (Å²) in [6, 6.07) is 30.6. The molecular weight excluding hydrogens is 660 g/mol. The number of nitrogens with zero attached hydrogens (tertiary/aromatic N) is 5. The van der Waals surface area contributed by atoms with Crippen molar-refractivity contribution in [3.05, 3.63) is 120 Å². The maximum atomic E-state index is 13.0. The number of anilines is 1. The van der Waals surface area contributed by atoms with Crippen LogP contribution in [-0.4, -0.2) is 96.9 Å².